The van der Waals surface area contributed by atoms with Crippen molar-refractivity contribution in [2.45, 2.75) is 33.2 Å². The van der Waals surface area contributed by atoms with Crippen LogP contribution in [0.2, 0.25) is 0 Å². The largest absolute Gasteiger partial charge is 0.490 e. The van der Waals surface area contributed by atoms with Crippen molar-refractivity contribution < 1.29 is 14.3 Å². The van der Waals surface area contributed by atoms with Crippen molar-refractivity contribution in [2.24, 2.45) is 0 Å². The molecule has 0 saturated heterocycles. The number of benzene rings is 1. The lowest BCUT2D eigenvalue weighted by Gasteiger charge is -2.13. The highest BCUT2D eigenvalue weighted by Crippen LogP contribution is 2.26. The second-order valence-electron chi connectivity index (χ2n) is 4.05. The maximum Gasteiger partial charge on any atom is 0.258 e. The molecule has 0 saturated carbocycles. The molecule has 0 fully saturated rings. The van der Waals surface area contributed by atoms with Crippen LogP contribution < -0.4 is 14.8 Å². The highest BCUT2D eigenvalue weighted by Gasteiger charge is 2.08. The summed E-state index contributed by atoms with van der Waals surface area (Å²) in [6, 6.07) is 7.51. The normalized spacial score (nSPS) is 11.7. The third kappa shape index (κ3) is 4.65. The molecule has 0 bridgehead atoms. The van der Waals surface area contributed by atoms with Gasteiger partial charge in [0.2, 0.25) is 0 Å². The smallest absolute Gasteiger partial charge is 0.258 e. The minimum Gasteiger partial charge on any atom is -0.490 e. The molecule has 0 aliphatic carbocycles. The molecule has 0 aliphatic heterocycles. The average molecular weight is 251 g/mol. The van der Waals surface area contributed by atoms with Crippen LogP contribution >= 0.6 is 0 Å². The predicted molar refractivity (Wildman–Crippen MR) is 71.0 cm³/mol. The minimum atomic E-state index is -0.115. The highest BCUT2D eigenvalue weighted by atomic mass is 16.5. The first-order valence-electron chi connectivity index (χ1n) is 6.31. The molecule has 1 rings (SSSR count). The van der Waals surface area contributed by atoms with E-state index < -0.39 is 0 Å². The quantitative estimate of drug-likeness (QED) is 0.809. The molecule has 0 heterocycles. The van der Waals surface area contributed by atoms with Crippen molar-refractivity contribution in [3.05, 3.63) is 24.3 Å². The van der Waals surface area contributed by atoms with Crippen molar-refractivity contribution >= 4 is 5.91 Å². The Bertz CT molecular complexity index is 379. The Kier molecular flexibility index (Phi) is 6.05. The van der Waals surface area contributed by atoms with Crippen molar-refractivity contribution in [3.8, 4) is 11.5 Å². The van der Waals surface area contributed by atoms with Crippen LogP contribution in [0.4, 0.5) is 0 Å². The maximum atomic E-state index is 11.6. The van der Waals surface area contributed by atoms with Crippen molar-refractivity contribution in [2.75, 3.05) is 13.2 Å². The van der Waals surface area contributed by atoms with Crippen LogP contribution in [-0.4, -0.2) is 25.2 Å². The molecule has 1 aromatic carbocycles. The molecule has 4 nitrogen and oxygen atoms in total. The van der Waals surface area contributed by atoms with E-state index in [1.807, 2.05) is 39.0 Å². The lowest BCUT2D eigenvalue weighted by Crippen LogP contribution is -2.35. The minimum absolute atomic E-state index is 0.00836. The Balaban J connectivity index is 2.50. The van der Waals surface area contributed by atoms with E-state index in [1.54, 1.807) is 6.07 Å². The van der Waals surface area contributed by atoms with Crippen LogP contribution in [0.15, 0.2) is 24.3 Å². The number of carbonyl (C=O) groups is 1. The van der Waals surface area contributed by atoms with E-state index in [0.717, 1.165) is 6.42 Å². The molecule has 0 radical (unpaired) electrons. The first kappa shape index (κ1) is 14.4. The van der Waals surface area contributed by atoms with E-state index >= 15 is 0 Å². The summed E-state index contributed by atoms with van der Waals surface area (Å²) >= 11 is 0. The van der Waals surface area contributed by atoms with Gasteiger partial charge in [-0.1, -0.05) is 19.1 Å². The van der Waals surface area contributed by atoms with Gasteiger partial charge in [-0.3, -0.25) is 4.79 Å². The maximum absolute atomic E-state index is 11.6. The lowest BCUT2D eigenvalue weighted by atomic mass is 10.2. The Hall–Kier alpha value is -1.71. The fourth-order valence-electron chi connectivity index (χ4n) is 1.41. The number of nitrogens with one attached hydrogen (secondary N) is 1. The van der Waals surface area contributed by atoms with Gasteiger partial charge in [-0.15, -0.1) is 0 Å². The zero-order valence-electron chi connectivity index (χ0n) is 11.2. The summed E-state index contributed by atoms with van der Waals surface area (Å²) in [6.45, 7) is 6.47. The molecule has 0 aromatic heterocycles. The van der Waals surface area contributed by atoms with Crippen LogP contribution in [0, 0.1) is 0 Å². The molecule has 18 heavy (non-hydrogen) atoms. The predicted octanol–water partition coefficient (Wildman–Crippen LogP) is 2.38. The van der Waals surface area contributed by atoms with Crippen LogP contribution in [0.5, 0.6) is 11.5 Å². The van der Waals surface area contributed by atoms with Crippen LogP contribution in [0.3, 0.4) is 0 Å². The molecule has 0 unspecified atom stereocenters. The Labute approximate surface area is 108 Å². The SMILES string of the molecule is CCOc1ccccc1OCC(=O)N[C@H](C)CC. The zero-order valence-corrected chi connectivity index (χ0v) is 11.2. The van der Waals surface area contributed by atoms with Gasteiger partial charge in [0.15, 0.2) is 18.1 Å². The van der Waals surface area contributed by atoms with Crippen molar-refractivity contribution in [1.29, 1.82) is 0 Å². The summed E-state index contributed by atoms with van der Waals surface area (Å²) in [5.41, 5.74) is 0. The van der Waals surface area contributed by atoms with Crippen LogP contribution in [-0.2, 0) is 4.79 Å². The van der Waals surface area contributed by atoms with Gasteiger partial charge >= 0.3 is 0 Å². The Morgan fingerprint density at radius 2 is 1.83 bits per heavy atom. The molecule has 1 amide bonds. The topological polar surface area (TPSA) is 47.6 Å². The first-order chi connectivity index (χ1) is 8.67. The Morgan fingerprint density at radius 1 is 1.22 bits per heavy atom. The summed E-state index contributed by atoms with van der Waals surface area (Å²) in [6.07, 6.45) is 0.904. The standard InChI is InChI=1S/C14H21NO3/c1-4-11(3)15-14(16)10-18-13-9-7-6-8-12(13)17-5-2/h6-9,11H,4-5,10H2,1-3H3,(H,15,16)/t11-/m1/s1. The number of rotatable bonds is 7. The van der Waals surface area contributed by atoms with Crippen LogP contribution in [0.1, 0.15) is 27.2 Å². The number of hydrogen-bond donors (Lipinski definition) is 1. The van der Waals surface area contributed by atoms with Gasteiger partial charge in [0.1, 0.15) is 0 Å². The molecule has 1 atom stereocenters. The first-order valence-corrected chi connectivity index (χ1v) is 6.31. The third-order valence-corrected chi connectivity index (χ3v) is 2.53. The fraction of sp³-hybridized carbons (Fsp3) is 0.500. The van der Waals surface area contributed by atoms with E-state index in [0.29, 0.717) is 18.1 Å². The molecular weight excluding hydrogens is 230 g/mol. The van der Waals surface area contributed by atoms with E-state index in [-0.39, 0.29) is 18.6 Å². The molecule has 1 N–H and O–H groups in total. The van der Waals surface area contributed by atoms with Gasteiger partial charge in [0.25, 0.3) is 5.91 Å². The molecule has 100 valence electrons. The van der Waals surface area contributed by atoms with Gasteiger partial charge in [-0.05, 0) is 32.4 Å². The van der Waals surface area contributed by atoms with E-state index in [9.17, 15) is 4.79 Å². The monoisotopic (exact) mass is 251 g/mol. The third-order valence-electron chi connectivity index (χ3n) is 2.53. The summed E-state index contributed by atoms with van der Waals surface area (Å²) in [4.78, 5) is 11.6. The molecule has 4 heteroatoms. The van der Waals surface area contributed by atoms with Gasteiger partial charge in [-0.25, -0.2) is 0 Å². The van der Waals surface area contributed by atoms with Gasteiger partial charge in [0.05, 0.1) is 6.61 Å². The van der Waals surface area contributed by atoms with Crippen molar-refractivity contribution in [1.82, 2.24) is 5.32 Å². The van der Waals surface area contributed by atoms with Crippen molar-refractivity contribution in [3.63, 3.8) is 0 Å². The van der Waals surface area contributed by atoms with E-state index in [4.69, 9.17) is 9.47 Å². The van der Waals surface area contributed by atoms with E-state index in [2.05, 4.69) is 5.32 Å². The summed E-state index contributed by atoms with van der Waals surface area (Å²) in [5.74, 6) is 1.14. The molecular formula is C14H21NO3. The fourth-order valence-corrected chi connectivity index (χ4v) is 1.41. The van der Waals surface area contributed by atoms with Gasteiger partial charge in [-0.2, -0.15) is 0 Å². The Morgan fingerprint density at radius 3 is 2.39 bits per heavy atom. The van der Waals surface area contributed by atoms with Crippen LogP contribution in [0.25, 0.3) is 0 Å². The highest BCUT2D eigenvalue weighted by molar-refractivity contribution is 5.77. The lowest BCUT2D eigenvalue weighted by molar-refractivity contribution is -0.123. The second-order valence-corrected chi connectivity index (χ2v) is 4.05. The molecule has 1 aromatic rings. The molecule has 0 aliphatic rings. The van der Waals surface area contributed by atoms with Gasteiger partial charge < -0.3 is 14.8 Å². The number of carbonyl (C=O) groups excluding carboxylic acids is 1. The summed E-state index contributed by atoms with van der Waals surface area (Å²) in [5, 5.41) is 2.85. The van der Waals surface area contributed by atoms with Gasteiger partial charge in [0, 0.05) is 6.04 Å². The zero-order chi connectivity index (χ0) is 13.4. The number of amides is 1. The summed E-state index contributed by atoms with van der Waals surface area (Å²) < 4.78 is 10.9. The molecule has 0 spiro atoms. The second kappa shape index (κ2) is 7.58. The summed E-state index contributed by atoms with van der Waals surface area (Å²) in [7, 11) is 0. The van der Waals surface area contributed by atoms with E-state index in [1.165, 1.54) is 0 Å². The number of para-hydroxylation sites is 2. The average Bonchev–Trinajstić information content (AvgIpc) is 2.38. The number of hydrogen-bond acceptors (Lipinski definition) is 3. The number of ether oxygens (including phenoxy) is 2.